The van der Waals surface area contributed by atoms with Crippen LogP contribution in [-0.4, -0.2) is 12.6 Å². The summed E-state index contributed by atoms with van der Waals surface area (Å²) in [4.78, 5) is 11.6. The number of para-hydroxylation sites is 1. The summed E-state index contributed by atoms with van der Waals surface area (Å²) in [7, 11) is 0. The number of aryl methyl sites for hydroxylation is 1. The molecule has 0 bridgehead atoms. The lowest BCUT2D eigenvalue weighted by atomic mass is 10.1. The second kappa shape index (κ2) is 6.59. The van der Waals surface area contributed by atoms with Crippen LogP contribution < -0.4 is 10.6 Å². The summed E-state index contributed by atoms with van der Waals surface area (Å²) < 4.78 is 0. The summed E-state index contributed by atoms with van der Waals surface area (Å²) in [5.41, 5.74) is 3.28. The lowest BCUT2D eigenvalue weighted by molar-refractivity contribution is 0.252. The second-order valence-electron chi connectivity index (χ2n) is 4.48. The molecule has 3 nitrogen and oxygen atoms in total. The number of hydrogen-bond donors (Lipinski definition) is 2. The Hall–Kier alpha value is -2.29. The third-order valence-corrected chi connectivity index (χ3v) is 2.85. The summed E-state index contributed by atoms with van der Waals surface area (Å²) in [6.07, 6.45) is 0.836. The topological polar surface area (TPSA) is 41.1 Å². The molecule has 98 valence electrons. The molecule has 0 heterocycles. The van der Waals surface area contributed by atoms with Gasteiger partial charge in [0.15, 0.2) is 0 Å². The van der Waals surface area contributed by atoms with E-state index in [0.29, 0.717) is 6.54 Å². The van der Waals surface area contributed by atoms with E-state index in [1.165, 1.54) is 11.1 Å². The van der Waals surface area contributed by atoms with Crippen LogP contribution in [0.4, 0.5) is 10.5 Å². The Morgan fingerprint density at radius 1 is 1.00 bits per heavy atom. The van der Waals surface area contributed by atoms with Gasteiger partial charge in [-0.05, 0) is 31.0 Å². The van der Waals surface area contributed by atoms with Crippen LogP contribution in [0.2, 0.25) is 0 Å². The van der Waals surface area contributed by atoms with Gasteiger partial charge in [0.1, 0.15) is 0 Å². The first kappa shape index (κ1) is 13.1. The highest BCUT2D eigenvalue weighted by Gasteiger charge is 2.00. The highest BCUT2D eigenvalue weighted by molar-refractivity contribution is 5.89. The Kier molecular flexibility index (Phi) is 4.56. The minimum Gasteiger partial charge on any atom is -0.338 e. The van der Waals surface area contributed by atoms with E-state index in [1.807, 2.05) is 30.3 Å². The first-order chi connectivity index (χ1) is 9.24. The molecule has 2 N–H and O–H groups in total. The number of urea groups is 1. The van der Waals surface area contributed by atoms with Crippen molar-refractivity contribution in [3.63, 3.8) is 0 Å². The fraction of sp³-hybridized carbons (Fsp3) is 0.188. The summed E-state index contributed by atoms with van der Waals surface area (Å²) in [5.74, 6) is 0. The lowest BCUT2D eigenvalue weighted by Gasteiger charge is -2.07. The second-order valence-corrected chi connectivity index (χ2v) is 4.48. The van der Waals surface area contributed by atoms with Gasteiger partial charge in [0.05, 0.1) is 0 Å². The molecule has 19 heavy (non-hydrogen) atoms. The van der Waals surface area contributed by atoms with Crippen molar-refractivity contribution in [3.8, 4) is 0 Å². The van der Waals surface area contributed by atoms with Crippen LogP contribution >= 0.6 is 0 Å². The van der Waals surface area contributed by atoms with E-state index >= 15 is 0 Å². The van der Waals surface area contributed by atoms with Gasteiger partial charge in [-0.1, -0.05) is 48.0 Å². The van der Waals surface area contributed by atoms with Crippen molar-refractivity contribution in [3.05, 3.63) is 65.7 Å². The summed E-state index contributed by atoms with van der Waals surface area (Å²) in [6, 6.07) is 17.6. The summed E-state index contributed by atoms with van der Waals surface area (Å²) in [6.45, 7) is 2.69. The number of rotatable bonds is 4. The number of amides is 2. The van der Waals surface area contributed by atoms with Crippen molar-refractivity contribution < 1.29 is 4.79 Å². The molecule has 2 amide bonds. The maximum Gasteiger partial charge on any atom is 0.319 e. The predicted molar refractivity (Wildman–Crippen MR) is 78.3 cm³/mol. The van der Waals surface area contributed by atoms with E-state index in [2.05, 4.69) is 41.8 Å². The van der Waals surface area contributed by atoms with Gasteiger partial charge < -0.3 is 10.6 Å². The van der Waals surface area contributed by atoms with Gasteiger partial charge in [-0.15, -0.1) is 0 Å². The highest BCUT2D eigenvalue weighted by atomic mass is 16.2. The molecule has 2 aromatic rings. The molecule has 3 heteroatoms. The summed E-state index contributed by atoms with van der Waals surface area (Å²) in [5, 5.41) is 5.63. The molecule has 0 saturated carbocycles. The third-order valence-electron chi connectivity index (χ3n) is 2.85. The largest absolute Gasteiger partial charge is 0.338 e. The van der Waals surface area contributed by atoms with E-state index in [-0.39, 0.29) is 6.03 Å². The highest BCUT2D eigenvalue weighted by Crippen LogP contribution is 2.05. The van der Waals surface area contributed by atoms with Crippen molar-refractivity contribution in [1.29, 1.82) is 0 Å². The average Bonchev–Trinajstić information content (AvgIpc) is 2.42. The fourth-order valence-electron chi connectivity index (χ4n) is 1.77. The monoisotopic (exact) mass is 254 g/mol. The number of carbonyl (C=O) groups excluding carboxylic acids is 1. The number of hydrogen-bond acceptors (Lipinski definition) is 1. The van der Waals surface area contributed by atoms with Crippen LogP contribution in [0.3, 0.4) is 0 Å². The van der Waals surface area contributed by atoms with Crippen molar-refractivity contribution in [2.75, 3.05) is 11.9 Å². The van der Waals surface area contributed by atoms with Crippen LogP contribution in [0.25, 0.3) is 0 Å². The van der Waals surface area contributed by atoms with Crippen LogP contribution in [0.1, 0.15) is 11.1 Å². The maximum atomic E-state index is 11.6. The Morgan fingerprint density at radius 2 is 1.68 bits per heavy atom. The van der Waals surface area contributed by atoms with E-state index in [4.69, 9.17) is 0 Å². The molecular weight excluding hydrogens is 236 g/mol. The van der Waals surface area contributed by atoms with Gasteiger partial charge >= 0.3 is 6.03 Å². The van der Waals surface area contributed by atoms with Crippen molar-refractivity contribution in [1.82, 2.24) is 5.32 Å². The Labute approximate surface area is 113 Å². The number of anilines is 1. The summed E-state index contributed by atoms with van der Waals surface area (Å²) >= 11 is 0. The van der Waals surface area contributed by atoms with Crippen molar-refractivity contribution >= 4 is 11.7 Å². The van der Waals surface area contributed by atoms with E-state index in [1.54, 1.807) is 0 Å². The molecule has 0 spiro atoms. The Bertz CT molecular complexity index is 520. The standard InChI is InChI=1S/C16H18N2O/c1-13-7-9-14(10-8-13)11-12-17-16(19)18-15-5-3-2-4-6-15/h2-10H,11-12H2,1H3,(H2,17,18,19). The molecule has 0 fully saturated rings. The molecular formula is C16H18N2O. The normalized spacial score (nSPS) is 9.95. The van der Waals surface area contributed by atoms with Gasteiger partial charge in [-0.3, -0.25) is 0 Å². The zero-order chi connectivity index (χ0) is 13.5. The number of benzene rings is 2. The molecule has 2 aromatic carbocycles. The molecule has 0 aliphatic carbocycles. The molecule has 0 unspecified atom stereocenters. The zero-order valence-electron chi connectivity index (χ0n) is 11.0. The van der Waals surface area contributed by atoms with Crippen LogP contribution in [0.5, 0.6) is 0 Å². The Balaban J connectivity index is 1.74. The predicted octanol–water partition coefficient (Wildman–Crippen LogP) is 3.36. The van der Waals surface area contributed by atoms with Crippen molar-refractivity contribution in [2.24, 2.45) is 0 Å². The fourth-order valence-corrected chi connectivity index (χ4v) is 1.77. The molecule has 2 rings (SSSR count). The maximum absolute atomic E-state index is 11.6. The van der Waals surface area contributed by atoms with Gasteiger partial charge in [-0.2, -0.15) is 0 Å². The smallest absolute Gasteiger partial charge is 0.319 e. The zero-order valence-corrected chi connectivity index (χ0v) is 11.0. The number of carbonyl (C=O) groups is 1. The van der Waals surface area contributed by atoms with Gasteiger partial charge in [0.2, 0.25) is 0 Å². The van der Waals surface area contributed by atoms with E-state index < -0.39 is 0 Å². The average molecular weight is 254 g/mol. The molecule has 0 aliphatic rings. The Morgan fingerprint density at radius 3 is 2.37 bits per heavy atom. The quantitative estimate of drug-likeness (QED) is 0.863. The van der Waals surface area contributed by atoms with Gasteiger partial charge in [0.25, 0.3) is 0 Å². The molecule has 0 atom stereocenters. The molecule has 0 aliphatic heterocycles. The van der Waals surface area contributed by atoms with Crippen LogP contribution in [0, 0.1) is 6.92 Å². The lowest BCUT2D eigenvalue weighted by Crippen LogP contribution is -2.30. The van der Waals surface area contributed by atoms with Crippen LogP contribution in [0.15, 0.2) is 54.6 Å². The first-order valence-corrected chi connectivity index (χ1v) is 6.39. The van der Waals surface area contributed by atoms with E-state index in [0.717, 1.165) is 12.1 Å². The van der Waals surface area contributed by atoms with Crippen LogP contribution in [-0.2, 0) is 6.42 Å². The van der Waals surface area contributed by atoms with Gasteiger partial charge in [0, 0.05) is 12.2 Å². The molecule has 0 saturated heterocycles. The minimum atomic E-state index is -0.168. The first-order valence-electron chi connectivity index (χ1n) is 6.39. The number of nitrogens with one attached hydrogen (secondary N) is 2. The molecule has 0 radical (unpaired) electrons. The third kappa shape index (κ3) is 4.47. The minimum absolute atomic E-state index is 0.168. The molecule has 0 aromatic heterocycles. The van der Waals surface area contributed by atoms with Gasteiger partial charge in [-0.25, -0.2) is 4.79 Å². The van der Waals surface area contributed by atoms with E-state index in [9.17, 15) is 4.79 Å². The SMILES string of the molecule is Cc1ccc(CCNC(=O)Nc2ccccc2)cc1. The van der Waals surface area contributed by atoms with Crippen molar-refractivity contribution in [2.45, 2.75) is 13.3 Å².